The number of alkyl carbamates (subject to hydrolysis) is 1. The van der Waals surface area contributed by atoms with Crippen LogP contribution in [-0.2, 0) is 4.74 Å². The van der Waals surface area contributed by atoms with E-state index in [1.54, 1.807) is 0 Å². The maximum absolute atomic E-state index is 11.5. The van der Waals surface area contributed by atoms with Gasteiger partial charge in [0.1, 0.15) is 0 Å². The van der Waals surface area contributed by atoms with Crippen molar-refractivity contribution >= 4 is 35.0 Å². The van der Waals surface area contributed by atoms with Crippen LogP contribution < -0.4 is 5.32 Å². The van der Waals surface area contributed by atoms with E-state index in [1.165, 1.54) is 7.11 Å². The van der Waals surface area contributed by atoms with Gasteiger partial charge in [0.15, 0.2) is 0 Å². The molecule has 0 saturated carbocycles. The van der Waals surface area contributed by atoms with E-state index in [-0.39, 0.29) is 5.92 Å². The Morgan fingerprint density at radius 1 is 1.17 bits per heavy atom. The zero-order chi connectivity index (χ0) is 16.4. The molecule has 5 heteroatoms. The molecule has 2 aromatic rings. The summed E-state index contributed by atoms with van der Waals surface area (Å²) in [6, 6.07) is 13.7. The smallest absolute Gasteiger partial charge is 0.411 e. The SMILES string of the molecule is COC(=O)NC1=CC[C@@H](c2ccc(Cl)c(Cl)c2)c2ccccc21. The Morgan fingerprint density at radius 2 is 1.96 bits per heavy atom. The highest BCUT2D eigenvalue weighted by Gasteiger charge is 2.24. The van der Waals surface area contributed by atoms with Crippen molar-refractivity contribution in [2.24, 2.45) is 0 Å². The Morgan fingerprint density at radius 3 is 2.70 bits per heavy atom. The molecule has 1 aliphatic carbocycles. The molecule has 118 valence electrons. The molecule has 0 aliphatic heterocycles. The third kappa shape index (κ3) is 3.21. The lowest BCUT2D eigenvalue weighted by Crippen LogP contribution is -2.24. The molecule has 0 fully saturated rings. The van der Waals surface area contributed by atoms with Gasteiger partial charge in [-0.15, -0.1) is 0 Å². The van der Waals surface area contributed by atoms with Crippen LogP contribution in [0.2, 0.25) is 10.0 Å². The monoisotopic (exact) mass is 347 g/mol. The first-order valence-corrected chi connectivity index (χ1v) is 7.95. The van der Waals surface area contributed by atoms with Crippen LogP contribution in [0.15, 0.2) is 48.5 Å². The first kappa shape index (κ1) is 15.9. The van der Waals surface area contributed by atoms with Crippen LogP contribution in [0, 0.1) is 0 Å². The maximum atomic E-state index is 11.5. The van der Waals surface area contributed by atoms with E-state index in [4.69, 9.17) is 23.2 Å². The predicted octanol–water partition coefficient (Wildman–Crippen LogP) is 5.23. The number of carbonyl (C=O) groups excluding carboxylic acids is 1. The quantitative estimate of drug-likeness (QED) is 0.807. The molecule has 23 heavy (non-hydrogen) atoms. The highest BCUT2D eigenvalue weighted by Crippen LogP contribution is 2.39. The van der Waals surface area contributed by atoms with Gasteiger partial charge < -0.3 is 4.74 Å². The van der Waals surface area contributed by atoms with Crippen LogP contribution >= 0.6 is 23.2 Å². The summed E-state index contributed by atoms with van der Waals surface area (Å²) in [4.78, 5) is 11.5. The second-order valence-corrected chi connectivity index (χ2v) is 6.10. The van der Waals surface area contributed by atoms with Crippen molar-refractivity contribution < 1.29 is 9.53 Å². The molecule has 2 aromatic carbocycles. The van der Waals surface area contributed by atoms with Crippen molar-refractivity contribution in [3.8, 4) is 0 Å². The number of halogens is 2. The van der Waals surface area contributed by atoms with Gasteiger partial charge >= 0.3 is 6.09 Å². The van der Waals surface area contributed by atoms with Gasteiger partial charge in [0.05, 0.1) is 17.2 Å². The van der Waals surface area contributed by atoms with Crippen LogP contribution in [0.3, 0.4) is 0 Å². The van der Waals surface area contributed by atoms with Crippen LogP contribution in [0.4, 0.5) is 4.79 Å². The summed E-state index contributed by atoms with van der Waals surface area (Å²) in [6.07, 6.45) is 2.29. The minimum Gasteiger partial charge on any atom is -0.453 e. The van der Waals surface area contributed by atoms with Gasteiger partial charge in [-0.3, -0.25) is 5.32 Å². The molecule has 1 amide bonds. The Hall–Kier alpha value is -1.97. The van der Waals surface area contributed by atoms with Crippen molar-refractivity contribution in [1.29, 1.82) is 0 Å². The Kier molecular flexibility index (Phi) is 4.60. The molecule has 0 bridgehead atoms. The number of nitrogens with one attached hydrogen (secondary N) is 1. The van der Waals surface area contributed by atoms with E-state index < -0.39 is 6.09 Å². The van der Waals surface area contributed by atoms with E-state index in [0.29, 0.717) is 10.0 Å². The largest absolute Gasteiger partial charge is 0.453 e. The Bertz CT molecular complexity index is 786. The normalized spacial score (nSPS) is 16.3. The van der Waals surface area contributed by atoms with Crippen LogP contribution in [0.25, 0.3) is 5.70 Å². The van der Waals surface area contributed by atoms with E-state index in [1.807, 2.05) is 42.5 Å². The van der Waals surface area contributed by atoms with Gasteiger partial charge in [-0.2, -0.15) is 0 Å². The first-order chi connectivity index (χ1) is 11.1. The molecule has 0 aromatic heterocycles. The molecule has 0 heterocycles. The lowest BCUT2D eigenvalue weighted by Gasteiger charge is -2.26. The summed E-state index contributed by atoms with van der Waals surface area (Å²) in [5.41, 5.74) is 3.99. The zero-order valence-electron chi connectivity index (χ0n) is 12.5. The van der Waals surface area contributed by atoms with Gasteiger partial charge in [0, 0.05) is 17.2 Å². The van der Waals surface area contributed by atoms with E-state index in [0.717, 1.165) is 28.8 Å². The number of rotatable bonds is 2. The number of methoxy groups -OCH3 is 1. The lowest BCUT2D eigenvalue weighted by molar-refractivity contribution is 0.176. The maximum Gasteiger partial charge on any atom is 0.411 e. The molecule has 0 radical (unpaired) electrons. The highest BCUT2D eigenvalue weighted by atomic mass is 35.5. The van der Waals surface area contributed by atoms with Crippen LogP contribution in [-0.4, -0.2) is 13.2 Å². The van der Waals surface area contributed by atoms with Gasteiger partial charge in [-0.1, -0.05) is 59.6 Å². The number of fused-ring (bicyclic) bond motifs is 1. The number of allylic oxidation sites excluding steroid dienone is 1. The van der Waals surface area contributed by atoms with E-state index in [2.05, 4.69) is 16.1 Å². The molecule has 1 atom stereocenters. The molecule has 1 aliphatic rings. The minimum atomic E-state index is -0.473. The number of hydrogen-bond donors (Lipinski definition) is 1. The Labute approximate surface area is 144 Å². The van der Waals surface area contributed by atoms with Crippen LogP contribution in [0.1, 0.15) is 29.0 Å². The van der Waals surface area contributed by atoms with Crippen molar-refractivity contribution in [2.75, 3.05) is 7.11 Å². The van der Waals surface area contributed by atoms with Crippen molar-refractivity contribution in [3.05, 3.63) is 75.3 Å². The highest BCUT2D eigenvalue weighted by molar-refractivity contribution is 6.42. The third-order valence-corrected chi connectivity index (χ3v) is 4.69. The average Bonchev–Trinajstić information content (AvgIpc) is 2.57. The molecule has 3 nitrogen and oxygen atoms in total. The van der Waals surface area contributed by atoms with Gasteiger partial charge in [0.2, 0.25) is 0 Å². The summed E-state index contributed by atoms with van der Waals surface area (Å²) in [7, 11) is 1.35. The standard InChI is InChI=1S/C18H15Cl2NO2/c1-23-18(22)21-17-9-7-12(13-4-2-3-5-14(13)17)11-6-8-15(19)16(20)10-11/h2-6,8-10,12H,7H2,1H3,(H,21,22)/t12-/m0/s1. The first-order valence-electron chi connectivity index (χ1n) is 7.19. The summed E-state index contributed by atoms with van der Waals surface area (Å²) in [6.45, 7) is 0. The van der Waals surface area contributed by atoms with Crippen molar-refractivity contribution in [1.82, 2.24) is 5.32 Å². The fourth-order valence-electron chi connectivity index (χ4n) is 2.84. The topological polar surface area (TPSA) is 38.3 Å². The molecule has 0 unspecified atom stereocenters. The molecule has 0 spiro atoms. The van der Waals surface area contributed by atoms with E-state index in [9.17, 15) is 4.79 Å². The minimum absolute atomic E-state index is 0.171. The predicted molar refractivity (Wildman–Crippen MR) is 92.9 cm³/mol. The van der Waals surface area contributed by atoms with Crippen molar-refractivity contribution in [3.63, 3.8) is 0 Å². The number of carbonyl (C=O) groups is 1. The van der Waals surface area contributed by atoms with E-state index >= 15 is 0 Å². The number of ether oxygens (including phenoxy) is 1. The Balaban J connectivity index is 2.00. The molecular weight excluding hydrogens is 333 g/mol. The third-order valence-electron chi connectivity index (χ3n) is 3.95. The van der Waals surface area contributed by atoms with Crippen LogP contribution in [0.5, 0.6) is 0 Å². The molecule has 1 N–H and O–H groups in total. The average molecular weight is 348 g/mol. The molecule has 3 rings (SSSR count). The summed E-state index contributed by atoms with van der Waals surface area (Å²) >= 11 is 12.2. The fraction of sp³-hybridized carbons (Fsp3) is 0.167. The summed E-state index contributed by atoms with van der Waals surface area (Å²) in [5.74, 6) is 0.171. The molecular formula is C18H15Cl2NO2. The number of hydrogen-bond acceptors (Lipinski definition) is 2. The second kappa shape index (κ2) is 6.65. The van der Waals surface area contributed by atoms with Gasteiger partial charge in [-0.05, 0) is 29.7 Å². The number of benzene rings is 2. The zero-order valence-corrected chi connectivity index (χ0v) is 14.0. The fourth-order valence-corrected chi connectivity index (χ4v) is 3.15. The lowest BCUT2D eigenvalue weighted by atomic mass is 9.81. The summed E-state index contributed by atoms with van der Waals surface area (Å²) in [5, 5.41) is 3.86. The molecule has 0 saturated heterocycles. The van der Waals surface area contributed by atoms with Gasteiger partial charge in [0.25, 0.3) is 0 Å². The number of amides is 1. The van der Waals surface area contributed by atoms with Crippen molar-refractivity contribution in [2.45, 2.75) is 12.3 Å². The second-order valence-electron chi connectivity index (χ2n) is 5.28. The summed E-state index contributed by atoms with van der Waals surface area (Å²) < 4.78 is 4.69. The van der Waals surface area contributed by atoms with Gasteiger partial charge in [-0.25, -0.2) is 4.79 Å².